The normalized spacial score (nSPS) is 11.5. The van der Waals surface area contributed by atoms with Crippen molar-refractivity contribution in [2.45, 2.75) is 26.6 Å². The Hall–Kier alpha value is -2.01. The van der Waals surface area contributed by atoms with Crippen LogP contribution < -0.4 is 10.5 Å². The molecule has 0 saturated heterocycles. The van der Waals surface area contributed by atoms with Crippen LogP contribution in [0.25, 0.3) is 0 Å². The quantitative estimate of drug-likeness (QED) is 0.900. The molecule has 0 radical (unpaired) electrons. The zero-order valence-corrected chi connectivity index (χ0v) is 11.8. The Bertz CT molecular complexity index is 650. The van der Waals surface area contributed by atoms with Crippen LogP contribution in [0.3, 0.4) is 0 Å². The molecular weight excluding hydrogens is 279 g/mol. The molecule has 2 nitrogen and oxygen atoms in total. The van der Waals surface area contributed by atoms with Crippen LogP contribution in [0.2, 0.25) is 0 Å². The summed E-state index contributed by atoms with van der Waals surface area (Å²) in [5.41, 5.74) is 7.05. The molecule has 0 saturated carbocycles. The van der Waals surface area contributed by atoms with Crippen LogP contribution in [0.4, 0.5) is 13.2 Å². The number of hydrogen-bond donors (Lipinski definition) is 1. The molecule has 0 aliphatic carbocycles. The van der Waals surface area contributed by atoms with E-state index >= 15 is 0 Å². The molecular formula is C16H16F3NO. The minimum atomic E-state index is -4.39. The lowest BCUT2D eigenvalue weighted by molar-refractivity contribution is -0.137. The van der Waals surface area contributed by atoms with Crippen LogP contribution in [0.1, 0.15) is 22.3 Å². The summed E-state index contributed by atoms with van der Waals surface area (Å²) in [7, 11) is 0. The highest BCUT2D eigenvalue weighted by molar-refractivity contribution is 5.44. The van der Waals surface area contributed by atoms with E-state index in [4.69, 9.17) is 10.5 Å². The Labute approximate surface area is 121 Å². The third-order valence-corrected chi connectivity index (χ3v) is 3.17. The first-order valence-electron chi connectivity index (χ1n) is 6.46. The molecule has 21 heavy (non-hydrogen) atoms. The zero-order valence-electron chi connectivity index (χ0n) is 11.8. The number of halogens is 3. The van der Waals surface area contributed by atoms with Gasteiger partial charge in [0, 0.05) is 12.1 Å². The smallest absolute Gasteiger partial charge is 0.416 e. The second-order valence-corrected chi connectivity index (χ2v) is 4.90. The van der Waals surface area contributed by atoms with Gasteiger partial charge in [0.1, 0.15) is 11.5 Å². The van der Waals surface area contributed by atoms with Gasteiger partial charge in [0.25, 0.3) is 0 Å². The number of alkyl halides is 3. The van der Waals surface area contributed by atoms with E-state index in [0.717, 1.165) is 23.3 Å². The van der Waals surface area contributed by atoms with Gasteiger partial charge in [-0.1, -0.05) is 12.1 Å². The number of nitrogens with two attached hydrogens (primary N) is 1. The van der Waals surface area contributed by atoms with Crippen molar-refractivity contribution in [3.63, 3.8) is 0 Å². The van der Waals surface area contributed by atoms with Crippen molar-refractivity contribution in [1.29, 1.82) is 0 Å². The molecule has 0 aliphatic heterocycles. The first-order chi connectivity index (χ1) is 9.81. The van der Waals surface area contributed by atoms with E-state index in [1.54, 1.807) is 0 Å². The van der Waals surface area contributed by atoms with Crippen molar-refractivity contribution >= 4 is 0 Å². The summed E-state index contributed by atoms with van der Waals surface area (Å²) in [6, 6.07) is 9.02. The maximum absolute atomic E-state index is 12.7. The largest absolute Gasteiger partial charge is 0.457 e. The van der Waals surface area contributed by atoms with Crippen LogP contribution in [-0.2, 0) is 12.7 Å². The lowest BCUT2D eigenvalue weighted by atomic mass is 10.1. The minimum Gasteiger partial charge on any atom is -0.457 e. The predicted octanol–water partition coefficient (Wildman–Crippen LogP) is 4.57. The fourth-order valence-electron chi connectivity index (χ4n) is 1.95. The molecule has 2 rings (SSSR count). The fraction of sp³-hybridized carbons (Fsp3) is 0.250. The van der Waals surface area contributed by atoms with E-state index in [9.17, 15) is 13.2 Å². The molecule has 0 heterocycles. The summed E-state index contributed by atoms with van der Waals surface area (Å²) in [5, 5.41) is 0. The van der Waals surface area contributed by atoms with E-state index in [1.165, 1.54) is 6.07 Å². The molecule has 0 spiro atoms. The van der Waals surface area contributed by atoms with Crippen LogP contribution in [-0.4, -0.2) is 0 Å². The summed E-state index contributed by atoms with van der Waals surface area (Å²) in [5.74, 6) is 0.962. The topological polar surface area (TPSA) is 35.2 Å². The van der Waals surface area contributed by atoms with Gasteiger partial charge in [0.15, 0.2) is 0 Å². The molecule has 0 bridgehead atoms. The van der Waals surface area contributed by atoms with Crippen molar-refractivity contribution in [3.8, 4) is 11.5 Å². The molecule has 112 valence electrons. The highest BCUT2D eigenvalue weighted by atomic mass is 19.4. The fourth-order valence-corrected chi connectivity index (χ4v) is 1.95. The Morgan fingerprint density at radius 3 is 2.33 bits per heavy atom. The molecule has 0 amide bonds. The lowest BCUT2D eigenvalue weighted by Crippen LogP contribution is -2.08. The number of ether oxygens (including phenoxy) is 1. The van der Waals surface area contributed by atoms with Gasteiger partial charge in [-0.3, -0.25) is 0 Å². The van der Waals surface area contributed by atoms with Crippen molar-refractivity contribution in [2.24, 2.45) is 5.73 Å². The summed E-state index contributed by atoms with van der Waals surface area (Å²) in [4.78, 5) is 0. The van der Waals surface area contributed by atoms with Gasteiger partial charge in [-0.25, -0.2) is 0 Å². The predicted molar refractivity (Wildman–Crippen MR) is 75.3 cm³/mol. The van der Waals surface area contributed by atoms with Gasteiger partial charge in [-0.15, -0.1) is 0 Å². The first-order valence-corrected chi connectivity index (χ1v) is 6.46. The monoisotopic (exact) mass is 295 g/mol. The summed E-state index contributed by atoms with van der Waals surface area (Å²) in [6.45, 7) is 3.77. The Balaban J connectivity index is 2.38. The number of rotatable bonds is 3. The van der Waals surface area contributed by atoms with Crippen molar-refractivity contribution in [2.75, 3.05) is 0 Å². The number of aryl methyl sites for hydroxylation is 2. The van der Waals surface area contributed by atoms with E-state index in [-0.39, 0.29) is 6.54 Å². The molecule has 0 unspecified atom stereocenters. The van der Waals surface area contributed by atoms with Gasteiger partial charge < -0.3 is 10.5 Å². The zero-order chi connectivity index (χ0) is 15.6. The highest BCUT2D eigenvalue weighted by Crippen LogP contribution is 2.34. The Morgan fingerprint density at radius 2 is 1.71 bits per heavy atom. The van der Waals surface area contributed by atoms with Crippen molar-refractivity contribution in [3.05, 3.63) is 58.7 Å². The average Bonchev–Trinajstić information content (AvgIpc) is 2.42. The lowest BCUT2D eigenvalue weighted by Gasteiger charge is -2.15. The maximum atomic E-state index is 12.7. The van der Waals surface area contributed by atoms with E-state index in [1.807, 2.05) is 32.0 Å². The van der Waals surface area contributed by atoms with Crippen LogP contribution >= 0.6 is 0 Å². The molecule has 0 aromatic heterocycles. The van der Waals surface area contributed by atoms with E-state index in [2.05, 4.69) is 0 Å². The molecule has 0 fully saturated rings. The van der Waals surface area contributed by atoms with Crippen molar-refractivity contribution in [1.82, 2.24) is 0 Å². The maximum Gasteiger partial charge on any atom is 0.416 e. The van der Waals surface area contributed by atoms with Gasteiger partial charge >= 0.3 is 6.18 Å². The highest BCUT2D eigenvalue weighted by Gasteiger charge is 2.31. The summed E-state index contributed by atoms with van der Waals surface area (Å²) < 4.78 is 43.8. The van der Waals surface area contributed by atoms with Crippen LogP contribution in [0.15, 0.2) is 36.4 Å². The molecule has 0 aliphatic rings. The number of benzene rings is 2. The Kier molecular flexibility index (Phi) is 4.23. The van der Waals surface area contributed by atoms with Crippen LogP contribution in [0, 0.1) is 13.8 Å². The second-order valence-electron chi connectivity index (χ2n) is 4.90. The molecule has 2 N–H and O–H groups in total. The van der Waals surface area contributed by atoms with E-state index < -0.39 is 11.7 Å². The van der Waals surface area contributed by atoms with Gasteiger partial charge in [0.2, 0.25) is 0 Å². The van der Waals surface area contributed by atoms with Gasteiger partial charge in [0.05, 0.1) is 5.56 Å². The SMILES string of the molecule is Cc1ccc(C)c(Oc2ccc(C(F)(F)F)cc2CN)c1. The number of hydrogen-bond acceptors (Lipinski definition) is 2. The molecule has 2 aromatic carbocycles. The molecule has 0 atom stereocenters. The van der Waals surface area contributed by atoms with Crippen LogP contribution in [0.5, 0.6) is 11.5 Å². The van der Waals surface area contributed by atoms with Gasteiger partial charge in [-0.2, -0.15) is 13.2 Å². The summed E-state index contributed by atoms with van der Waals surface area (Å²) >= 11 is 0. The van der Waals surface area contributed by atoms with Crippen molar-refractivity contribution < 1.29 is 17.9 Å². The van der Waals surface area contributed by atoms with Gasteiger partial charge in [-0.05, 0) is 49.2 Å². The molecule has 5 heteroatoms. The van der Waals surface area contributed by atoms with E-state index in [0.29, 0.717) is 17.1 Å². The first kappa shape index (κ1) is 15.4. The minimum absolute atomic E-state index is 0.0237. The summed E-state index contributed by atoms with van der Waals surface area (Å²) in [6.07, 6.45) is -4.39. The standard InChI is InChI=1S/C16H16F3NO/c1-10-3-4-11(2)15(7-10)21-14-6-5-13(16(17,18)19)8-12(14)9-20/h3-8H,9,20H2,1-2H3. The average molecular weight is 295 g/mol. The molecule has 2 aromatic rings. The third-order valence-electron chi connectivity index (χ3n) is 3.17. The third kappa shape index (κ3) is 3.55. The Morgan fingerprint density at radius 1 is 1.00 bits per heavy atom. The second kappa shape index (κ2) is 5.77.